The minimum Gasteiger partial charge on any atom is -0.358 e. The van der Waals surface area contributed by atoms with E-state index in [0.717, 1.165) is 23.7 Å². The molecule has 2 heterocycles. The van der Waals surface area contributed by atoms with Crippen LogP contribution in [-0.2, 0) is 19.4 Å². The highest BCUT2D eigenvalue weighted by Gasteiger charge is 2.19. The molecule has 2 N–H and O–H groups in total. The standard InChI is InChI=1S/C23H22N4O2/c1-27(13-21-25-19-9-5-3-7-16(19)22(28)26-21)23(29)14-10-11-20-17(12-14)15-6-2-4-8-18(15)24-20/h3,5,7,9-12,24H,2,4,6,8,13H2,1H3,(H,25,26,28). The Hall–Kier alpha value is -3.41. The summed E-state index contributed by atoms with van der Waals surface area (Å²) in [6.45, 7) is 0.238. The number of nitrogens with zero attached hydrogens (tertiary/aromatic N) is 2. The van der Waals surface area contributed by atoms with Gasteiger partial charge in [-0.2, -0.15) is 0 Å². The molecule has 5 rings (SSSR count). The van der Waals surface area contributed by atoms with Crippen molar-refractivity contribution in [3.05, 3.63) is 75.5 Å². The van der Waals surface area contributed by atoms with Gasteiger partial charge in [-0.05, 0) is 61.6 Å². The van der Waals surface area contributed by atoms with Crippen LogP contribution in [0.1, 0.15) is 40.3 Å². The van der Waals surface area contributed by atoms with Crippen molar-refractivity contribution in [2.45, 2.75) is 32.2 Å². The van der Waals surface area contributed by atoms with Crippen LogP contribution in [0.15, 0.2) is 47.3 Å². The van der Waals surface area contributed by atoms with E-state index in [9.17, 15) is 9.59 Å². The molecule has 4 aromatic rings. The minimum atomic E-state index is -0.188. The number of benzene rings is 2. The van der Waals surface area contributed by atoms with E-state index < -0.39 is 0 Å². The molecule has 1 aliphatic carbocycles. The monoisotopic (exact) mass is 386 g/mol. The smallest absolute Gasteiger partial charge is 0.258 e. The van der Waals surface area contributed by atoms with Crippen LogP contribution < -0.4 is 5.56 Å². The van der Waals surface area contributed by atoms with Gasteiger partial charge >= 0.3 is 0 Å². The van der Waals surface area contributed by atoms with E-state index in [4.69, 9.17) is 0 Å². The van der Waals surface area contributed by atoms with Crippen LogP contribution in [0.3, 0.4) is 0 Å². The molecule has 0 aliphatic heterocycles. The molecule has 0 radical (unpaired) electrons. The zero-order valence-corrected chi connectivity index (χ0v) is 16.3. The number of amides is 1. The lowest BCUT2D eigenvalue weighted by Gasteiger charge is -2.17. The molecule has 0 saturated carbocycles. The summed E-state index contributed by atoms with van der Waals surface area (Å²) in [6.07, 6.45) is 4.55. The Labute approximate surface area is 167 Å². The number of carbonyl (C=O) groups excluding carboxylic acids is 1. The van der Waals surface area contributed by atoms with Gasteiger partial charge in [-0.1, -0.05) is 12.1 Å². The first-order valence-corrected chi connectivity index (χ1v) is 9.97. The van der Waals surface area contributed by atoms with E-state index in [2.05, 4.69) is 15.0 Å². The third kappa shape index (κ3) is 3.10. The first-order valence-electron chi connectivity index (χ1n) is 9.97. The Bertz CT molecular complexity index is 1300. The molecule has 29 heavy (non-hydrogen) atoms. The zero-order valence-electron chi connectivity index (χ0n) is 16.3. The van der Waals surface area contributed by atoms with Crippen LogP contribution in [-0.4, -0.2) is 32.8 Å². The van der Waals surface area contributed by atoms with Crippen LogP contribution >= 0.6 is 0 Å². The quantitative estimate of drug-likeness (QED) is 0.565. The summed E-state index contributed by atoms with van der Waals surface area (Å²) in [5, 5.41) is 1.70. The Kier molecular flexibility index (Phi) is 4.19. The van der Waals surface area contributed by atoms with Gasteiger partial charge in [0, 0.05) is 29.2 Å². The van der Waals surface area contributed by atoms with Crippen molar-refractivity contribution in [3.63, 3.8) is 0 Å². The largest absolute Gasteiger partial charge is 0.358 e. The van der Waals surface area contributed by atoms with Crippen LogP contribution in [0, 0.1) is 0 Å². The van der Waals surface area contributed by atoms with E-state index in [0.29, 0.717) is 22.3 Å². The van der Waals surface area contributed by atoms with Crippen molar-refractivity contribution in [2.24, 2.45) is 0 Å². The fraction of sp³-hybridized carbons (Fsp3) is 0.261. The molecule has 2 aromatic carbocycles. The molecule has 2 aromatic heterocycles. The molecular formula is C23H22N4O2. The number of aromatic amines is 2. The molecular weight excluding hydrogens is 364 g/mol. The maximum atomic E-state index is 13.0. The van der Waals surface area contributed by atoms with E-state index >= 15 is 0 Å². The normalized spacial score (nSPS) is 13.6. The molecule has 6 heteroatoms. The van der Waals surface area contributed by atoms with Crippen molar-refractivity contribution in [3.8, 4) is 0 Å². The van der Waals surface area contributed by atoms with Gasteiger partial charge in [0.2, 0.25) is 0 Å². The SMILES string of the molecule is CN(Cc1nc2ccccc2c(=O)[nH]1)C(=O)c1ccc2[nH]c3c(c2c1)CCCC3. The van der Waals surface area contributed by atoms with Crippen molar-refractivity contribution >= 4 is 27.7 Å². The molecule has 0 bridgehead atoms. The maximum absolute atomic E-state index is 13.0. The topological polar surface area (TPSA) is 81.8 Å². The lowest BCUT2D eigenvalue weighted by molar-refractivity contribution is 0.0781. The van der Waals surface area contributed by atoms with Gasteiger partial charge in [0.05, 0.1) is 17.4 Å². The maximum Gasteiger partial charge on any atom is 0.258 e. The third-order valence-electron chi connectivity index (χ3n) is 5.74. The van der Waals surface area contributed by atoms with Gasteiger partial charge in [0.15, 0.2) is 0 Å². The number of hydrogen-bond donors (Lipinski definition) is 2. The first kappa shape index (κ1) is 17.7. The minimum absolute atomic E-state index is 0.0894. The van der Waals surface area contributed by atoms with Gasteiger partial charge in [0.25, 0.3) is 11.5 Å². The summed E-state index contributed by atoms with van der Waals surface area (Å²) in [5.41, 5.74) is 4.85. The van der Waals surface area contributed by atoms with E-state index in [1.807, 2.05) is 30.3 Å². The molecule has 1 amide bonds. The third-order valence-corrected chi connectivity index (χ3v) is 5.74. The fourth-order valence-electron chi connectivity index (χ4n) is 4.27. The summed E-state index contributed by atoms with van der Waals surface area (Å²) in [5.74, 6) is 0.387. The summed E-state index contributed by atoms with van der Waals surface area (Å²) < 4.78 is 0. The Morgan fingerprint density at radius 3 is 2.79 bits per heavy atom. The second-order valence-corrected chi connectivity index (χ2v) is 7.74. The van der Waals surface area contributed by atoms with Crippen LogP contribution in [0.4, 0.5) is 0 Å². The number of carbonyl (C=O) groups is 1. The summed E-state index contributed by atoms with van der Waals surface area (Å²) >= 11 is 0. The number of H-pyrrole nitrogens is 2. The number of hydrogen-bond acceptors (Lipinski definition) is 3. The van der Waals surface area contributed by atoms with E-state index in [1.54, 1.807) is 24.1 Å². The molecule has 146 valence electrons. The van der Waals surface area contributed by atoms with E-state index in [1.165, 1.54) is 24.1 Å². The molecule has 0 unspecified atom stereocenters. The molecule has 1 aliphatic rings. The van der Waals surface area contributed by atoms with Crippen molar-refractivity contribution in [1.29, 1.82) is 0 Å². The van der Waals surface area contributed by atoms with Crippen molar-refractivity contribution in [1.82, 2.24) is 19.9 Å². The van der Waals surface area contributed by atoms with Crippen molar-refractivity contribution in [2.75, 3.05) is 7.05 Å². The lowest BCUT2D eigenvalue weighted by Crippen LogP contribution is -2.28. The number of aromatic nitrogens is 3. The average Bonchev–Trinajstić information content (AvgIpc) is 3.11. The van der Waals surface area contributed by atoms with Crippen LogP contribution in [0.25, 0.3) is 21.8 Å². The molecule has 0 spiro atoms. The molecule has 0 atom stereocenters. The summed E-state index contributed by atoms with van der Waals surface area (Å²) in [6, 6.07) is 13.0. The second-order valence-electron chi connectivity index (χ2n) is 7.74. The highest BCUT2D eigenvalue weighted by Crippen LogP contribution is 2.30. The first-order chi connectivity index (χ1) is 14.1. The summed E-state index contributed by atoms with van der Waals surface area (Å²) in [4.78, 5) is 37.7. The van der Waals surface area contributed by atoms with Crippen LogP contribution in [0.2, 0.25) is 0 Å². The molecule has 6 nitrogen and oxygen atoms in total. The number of rotatable bonds is 3. The second kappa shape index (κ2) is 6.88. The fourth-order valence-corrected chi connectivity index (χ4v) is 4.27. The van der Waals surface area contributed by atoms with Gasteiger partial charge < -0.3 is 14.9 Å². The lowest BCUT2D eigenvalue weighted by atomic mass is 9.95. The number of fused-ring (bicyclic) bond motifs is 4. The Morgan fingerprint density at radius 1 is 1.07 bits per heavy atom. The van der Waals surface area contributed by atoms with Gasteiger partial charge in [0.1, 0.15) is 5.82 Å². The average molecular weight is 386 g/mol. The predicted octanol–water partition coefficient (Wildman–Crippen LogP) is 3.56. The van der Waals surface area contributed by atoms with Crippen molar-refractivity contribution < 1.29 is 4.79 Å². The molecule has 0 saturated heterocycles. The van der Waals surface area contributed by atoms with E-state index in [-0.39, 0.29) is 18.0 Å². The number of nitrogens with one attached hydrogen (secondary N) is 2. The number of aryl methyl sites for hydroxylation is 2. The highest BCUT2D eigenvalue weighted by atomic mass is 16.2. The zero-order chi connectivity index (χ0) is 20.0. The van der Waals surface area contributed by atoms with Gasteiger partial charge in [-0.3, -0.25) is 9.59 Å². The molecule has 0 fully saturated rings. The number of para-hydroxylation sites is 1. The Morgan fingerprint density at radius 2 is 1.90 bits per heavy atom. The summed E-state index contributed by atoms with van der Waals surface area (Å²) in [7, 11) is 1.73. The Balaban J connectivity index is 1.43. The highest BCUT2D eigenvalue weighted by molar-refractivity contribution is 5.99. The van der Waals surface area contributed by atoms with Crippen LogP contribution in [0.5, 0.6) is 0 Å². The van der Waals surface area contributed by atoms with Gasteiger partial charge in [-0.15, -0.1) is 0 Å². The predicted molar refractivity (Wildman–Crippen MR) is 113 cm³/mol. The van der Waals surface area contributed by atoms with Gasteiger partial charge in [-0.25, -0.2) is 4.98 Å².